The van der Waals surface area contributed by atoms with Gasteiger partial charge in [0, 0.05) is 25.2 Å². The largest absolute Gasteiger partial charge is 0.378 e. The van der Waals surface area contributed by atoms with E-state index in [1.54, 1.807) is 0 Å². The van der Waals surface area contributed by atoms with Crippen molar-refractivity contribution in [3.8, 4) is 0 Å². The highest BCUT2D eigenvalue weighted by Gasteiger charge is 2.66. The minimum absolute atomic E-state index is 0.220. The monoisotopic (exact) mass is 704 g/mol. The van der Waals surface area contributed by atoms with Crippen LogP contribution in [0.2, 0.25) is 0 Å². The number of nitrogens with two attached hydrogens (primary N) is 2. The molecule has 4 saturated carbocycles. The first kappa shape index (κ1) is 42.5. The maximum atomic E-state index is 7.17. The molecule has 294 valence electrons. The number of hydrogen-bond donors (Lipinski definition) is 2. The van der Waals surface area contributed by atoms with Crippen molar-refractivity contribution >= 4 is 0 Å². The summed E-state index contributed by atoms with van der Waals surface area (Å²) in [5, 5.41) is 0. The number of unbranched alkanes of at least 4 members (excludes halogenated alkanes) is 5. The van der Waals surface area contributed by atoms with E-state index >= 15 is 0 Å². The minimum Gasteiger partial charge on any atom is -0.378 e. The van der Waals surface area contributed by atoms with Crippen molar-refractivity contribution in [2.75, 3.05) is 52.5 Å². The molecule has 4 N–H and O–H groups in total. The van der Waals surface area contributed by atoms with Gasteiger partial charge in [-0.25, -0.2) is 0 Å². The fourth-order valence-electron chi connectivity index (χ4n) is 12.0. The van der Waals surface area contributed by atoms with Gasteiger partial charge in [-0.15, -0.1) is 0 Å². The molecule has 11 atom stereocenters. The lowest BCUT2D eigenvalue weighted by Crippen LogP contribution is -2.63. The second-order valence-electron chi connectivity index (χ2n) is 18.1. The van der Waals surface area contributed by atoms with E-state index in [4.69, 9.17) is 25.7 Å². The van der Waals surface area contributed by atoms with E-state index in [2.05, 4.69) is 46.4 Å². The lowest BCUT2D eigenvalue weighted by Gasteiger charge is -2.65. The average molecular weight is 704 g/mol. The molecule has 0 spiro atoms. The summed E-state index contributed by atoms with van der Waals surface area (Å²) >= 11 is 0. The third-order valence-electron chi connectivity index (χ3n) is 14.9. The maximum absolute atomic E-state index is 7.17. The molecule has 0 radical (unpaired) electrons. The van der Waals surface area contributed by atoms with Crippen molar-refractivity contribution in [2.24, 2.45) is 57.8 Å². The first-order valence-electron chi connectivity index (χ1n) is 22.2. The summed E-state index contributed by atoms with van der Waals surface area (Å²) in [5.41, 5.74) is 12.4. The third kappa shape index (κ3) is 10.5. The summed E-state index contributed by atoms with van der Waals surface area (Å²) in [7, 11) is 0. The molecule has 4 fully saturated rings. The first-order chi connectivity index (χ1) is 24.3. The lowest BCUT2D eigenvalue weighted by atomic mass is 9.43. The average Bonchev–Trinajstić information content (AvgIpc) is 3.47. The molecule has 0 aliphatic heterocycles. The minimum atomic E-state index is 0.220. The summed E-state index contributed by atoms with van der Waals surface area (Å²) in [6.07, 6.45) is 24.9. The van der Waals surface area contributed by atoms with Crippen LogP contribution in [0.15, 0.2) is 0 Å². The van der Waals surface area contributed by atoms with Gasteiger partial charge in [-0.1, -0.05) is 73.6 Å². The van der Waals surface area contributed by atoms with Crippen molar-refractivity contribution in [3.63, 3.8) is 0 Å². The van der Waals surface area contributed by atoms with Crippen LogP contribution >= 0.6 is 0 Å². The summed E-state index contributed by atoms with van der Waals surface area (Å²) in [6.45, 7) is 22.8. The van der Waals surface area contributed by atoms with E-state index in [1.807, 2.05) is 0 Å². The molecule has 50 heavy (non-hydrogen) atoms. The molecule has 0 aromatic rings. The van der Waals surface area contributed by atoms with Gasteiger partial charge in [-0.05, 0) is 164 Å². The van der Waals surface area contributed by atoms with Gasteiger partial charge < -0.3 is 30.6 Å². The van der Waals surface area contributed by atoms with Crippen LogP contribution in [0.1, 0.15) is 164 Å². The van der Waals surface area contributed by atoms with Gasteiger partial charge in [0.05, 0.1) is 18.3 Å². The molecule has 6 nitrogen and oxygen atoms in total. The molecule has 0 bridgehead atoms. The summed E-state index contributed by atoms with van der Waals surface area (Å²) in [4.78, 5) is 2.81. The summed E-state index contributed by atoms with van der Waals surface area (Å²) in [5.74, 6) is 4.08. The van der Waals surface area contributed by atoms with Gasteiger partial charge in [-0.2, -0.15) is 0 Å². The second kappa shape index (κ2) is 21.6. The maximum Gasteiger partial charge on any atom is 0.0637 e. The zero-order valence-corrected chi connectivity index (χ0v) is 34.1. The fourth-order valence-corrected chi connectivity index (χ4v) is 12.0. The number of hydrogen-bond acceptors (Lipinski definition) is 6. The van der Waals surface area contributed by atoms with Crippen LogP contribution in [0.3, 0.4) is 0 Å². The Labute approximate surface area is 310 Å². The molecular formula is C44H85N3O3. The van der Waals surface area contributed by atoms with Crippen LogP contribution in [0.25, 0.3) is 0 Å². The Morgan fingerprint density at radius 3 is 1.98 bits per heavy atom. The Morgan fingerprint density at radius 2 is 1.32 bits per heavy atom. The van der Waals surface area contributed by atoms with Crippen molar-refractivity contribution in [2.45, 2.75) is 182 Å². The van der Waals surface area contributed by atoms with Crippen molar-refractivity contribution < 1.29 is 14.2 Å². The standard InChI is InChI=1S/C44H85N3O3/c1-7-10-13-25-47(26-14-11-8-2)27-15-18-34(4)37-19-20-38-42-39(33-41(44(37,38)6)50-28-12-9-3)43(5)22-21-36(48-29-16-23-45)31-35(43)32-40(42)49-30-17-24-46/h34-42H,7-33,45-46H2,1-6H3/t34-,35+,36-,37-,38+,39+,40-,41+,42+,43+,44-/m1/s1. The molecule has 6 heteroatoms. The molecule has 0 unspecified atom stereocenters. The van der Waals surface area contributed by atoms with E-state index in [0.29, 0.717) is 60.5 Å². The first-order valence-corrected chi connectivity index (χ1v) is 22.2. The molecule has 0 aromatic heterocycles. The van der Waals surface area contributed by atoms with Gasteiger partial charge in [0.15, 0.2) is 0 Å². The van der Waals surface area contributed by atoms with E-state index in [9.17, 15) is 0 Å². The normalized spacial score (nSPS) is 35.9. The van der Waals surface area contributed by atoms with E-state index in [-0.39, 0.29) is 5.41 Å². The molecule has 0 saturated heterocycles. The number of ether oxygens (including phenoxy) is 3. The van der Waals surface area contributed by atoms with E-state index in [0.717, 1.165) is 44.5 Å². The van der Waals surface area contributed by atoms with Crippen LogP contribution in [-0.2, 0) is 14.2 Å². The van der Waals surface area contributed by atoms with Crippen LogP contribution < -0.4 is 11.5 Å². The van der Waals surface area contributed by atoms with E-state index < -0.39 is 0 Å². The van der Waals surface area contributed by atoms with Crippen molar-refractivity contribution in [1.29, 1.82) is 0 Å². The third-order valence-corrected chi connectivity index (χ3v) is 14.9. The van der Waals surface area contributed by atoms with Crippen LogP contribution in [-0.4, -0.2) is 75.8 Å². The number of rotatable bonds is 25. The second-order valence-corrected chi connectivity index (χ2v) is 18.1. The summed E-state index contributed by atoms with van der Waals surface area (Å²) < 4.78 is 20.6. The van der Waals surface area contributed by atoms with Crippen molar-refractivity contribution in [3.05, 3.63) is 0 Å². The molecule has 4 aliphatic carbocycles. The quantitative estimate of drug-likeness (QED) is 0.0922. The van der Waals surface area contributed by atoms with Gasteiger partial charge in [0.1, 0.15) is 0 Å². The van der Waals surface area contributed by atoms with Crippen LogP contribution in [0.5, 0.6) is 0 Å². The van der Waals surface area contributed by atoms with Gasteiger partial charge >= 0.3 is 0 Å². The number of nitrogens with zero attached hydrogens (tertiary/aromatic N) is 1. The molecule has 4 aliphatic rings. The fraction of sp³-hybridized carbons (Fsp3) is 1.00. The molecule has 4 rings (SSSR count). The van der Waals surface area contributed by atoms with E-state index in [1.165, 1.54) is 129 Å². The highest BCUT2D eigenvalue weighted by molar-refractivity contribution is 5.15. The highest BCUT2D eigenvalue weighted by atomic mass is 16.5. The molecule has 0 aromatic carbocycles. The van der Waals surface area contributed by atoms with Gasteiger partial charge in [0.25, 0.3) is 0 Å². The van der Waals surface area contributed by atoms with Crippen LogP contribution in [0.4, 0.5) is 0 Å². The zero-order valence-electron chi connectivity index (χ0n) is 34.1. The Balaban J connectivity index is 1.53. The molecule has 0 heterocycles. The Hall–Kier alpha value is -0.240. The zero-order chi connectivity index (χ0) is 36.0. The smallest absolute Gasteiger partial charge is 0.0637 e. The van der Waals surface area contributed by atoms with Crippen LogP contribution in [0, 0.1) is 46.3 Å². The Kier molecular flexibility index (Phi) is 18.4. The molecule has 0 amide bonds. The predicted octanol–water partition coefficient (Wildman–Crippen LogP) is 9.62. The SMILES string of the molecule is CCCCCN(CCCCC)CCC[C@@H](C)[C@H]1CC[C@H]2[C@@H]3[C@H](OCCCN)C[C@@H]4C[C@H](OCCCN)CC[C@]4(C)[C@H]3C[C@H](OCCCC)[C@]12C. The predicted molar refractivity (Wildman–Crippen MR) is 211 cm³/mol. The van der Waals surface area contributed by atoms with Crippen molar-refractivity contribution in [1.82, 2.24) is 4.90 Å². The van der Waals surface area contributed by atoms with Gasteiger partial charge in [-0.3, -0.25) is 0 Å². The lowest BCUT2D eigenvalue weighted by molar-refractivity contribution is -0.227. The molecular weight excluding hydrogens is 619 g/mol. The number of fused-ring (bicyclic) bond motifs is 5. The summed E-state index contributed by atoms with van der Waals surface area (Å²) in [6, 6.07) is 0. The van der Waals surface area contributed by atoms with Gasteiger partial charge in [0.2, 0.25) is 0 Å². The highest BCUT2D eigenvalue weighted by Crippen LogP contribution is 2.69. The topological polar surface area (TPSA) is 83.0 Å². The Bertz CT molecular complexity index is 911. The Morgan fingerprint density at radius 1 is 0.680 bits per heavy atom.